The molecule has 0 unspecified atom stereocenters. The fourth-order valence-corrected chi connectivity index (χ4v) is 12.8. The van der Waals surface area contributed by atoms with Crippen LogP contribution in [-0.4, -0.2) is 29.9 Å². The summed E-state index contributed by atoms with van der Waals surface area (Å²) in [5, 5.41) is 26.7. The first-order valence-corrected chi connectivity index (χ1v) is 38.4. The van der Waals surface area contributed by atoms with E-state index in [1.807, 2.05) is 330 Å². The largest absolute Gasteiger partial charge is 0.305 e. The molecule has 0 amide bonds. The van der Waals surface area contributed by atoms with Crippen molar-refractivity contribution in [2.45, 2.75) is 27.7 Å². The molecule has 0 bridgehead atoms. The van der Waals surface area contributed by atoms with Gasteiger partial charge in [0, 0.05) is 107 Å². The Bertz CT molecular complexity index is 6310. The van der Waals surface area contributed by atoms with Gasteiger partial charge in [-0.15, -0.1) is 214 Å². The molecule has 0 saturated heterocycles. The van der Waals surface area contributed by atoms with E-state index in [-0.39, 0.29) is 60.3 Å². The zero-order valence-electron chi connectivity index (χ0n) is 66.6. The molecule has 0 N–H and O–H groups in total. The van der Waals surface area contributed by atoms with E-state index in [2.05, 4.69) is 165 Å². The van der Waals surface area contributed by atoms with Crippen molar-refractivity contribution in [1.82, 2.24) is 29.9 Å². The third-order valence-corrected chi connectivity index (χ3v) is 18.9. The van der Waals surface area contributed by atoms with Crippen LogP contribution in [0.5, 0.6) is 0 Å². The number of nitriles is 3. The molecule has 0 saturated carbocycles. The number of hydrogen-bond acceptors (Lipinski definition) is 9. The SMILES string of the molecule is Cc1cccc(-c2[c-]cccc2)n1.Cc1cccc(-c2[c-]cccc2)n1.Cc1nc(-c2[c-]ccc(-c3ccc(C#N)cc3)c2)ccc1-c1ccccc1.Cc1nc(-c2[c-]cccc2)ccc1-c1ccccc1.N#Cc1ccc(-c2cc[c-]c(-c3ccc(-c4ccccc4)cn3)c2)cc1.N#Cc1ccc(-c2cc[c-]c(-c3ccccn3)c2)cc1.[Ir].[Ir].[Ir]. The maximum absolute atomic E-state index is 8.96. The van der Waals surface area contributed by atoms with Crippen LogP contribution in [0.2, 0.25) is 0 Å². The van der Waals surface area contributed by atoms with Crippen LogP contribution >= 0.6 is 0 Å². The molecule has 6 heterocycles. The Morgan fingerprint density at radius 3 is 0.860 bits per heavy atom. The normalized spacial score (nSPS) is 9.93. The molecule has 18 aromatic rings. The second kappa shape index (κ2) is 46.2. The van der Waals surface area contributed by atoms with E-state index >= 15 is 0 Å². The molecular formula is C109H77Ir3N9-6. The summed E-state index contributed by atoms with van der Waals surface area (Å²) in [5.41, 5.74) is 31.2. The Labute approximate surface area is 750 Å². The third-order valence-electron chi connectivity index (χ3n) is 18.9. The monoisotopic (exact) mass is 2090 g/mol. The summed E-state index contributed by atoms with van der Waals surface area (Å²) < 4.78 is 0. The van der Waals surface area contributed by atoms with E-state index < -0.39 is 0 Å². The van der Waals surface area contributed by atoms with E-state index in [4.69, 9.17) is 20.8 Å². The van der Waals surface area contributed by atoms with Gasteiger partial charge in [0.2, 0.25) is 0 Å². The van der Waals surface area contributed by atoms with Crippen LogP contribution in [0, 0.1) is 98.1 Å². The minimum atomic E-state index is 0. The minimum Gasteiger partial charge on any atom is -0.305 e. The minimum absolute atomic E-state index is 0. The maximum atomic E-state index is 8.96. The van der Waals surface area contributed by atoms with Crippen molar-refractivity contribution in [2.75, 3.05) is 0 Å². The van der Waals surface area contributed by atoms with Crippen LogP contribution in [0.4, 0.5) is 0 Å². The van der Waals surface area contributed by atoms with E-state index in [0.717, 1.165) is 140 Å². The van der Waals surface area contributed by atoms with Crippen LogP contribution in [0.15, 0.2) is 395 Å². The number of nitrogens with zero attached hydrogens (tertiary/aromatic N) is 9. The molecule has 0 aliphatic rings. The zero-order valence-corrected chi connectivity index (χ0v) is 73.7. The van der Waals surface area contributed by atoms with Crippen molar-refractivity contribution in [3.05, 3.63) is 470 Å². The first kappa shape index (κ1) is 89.3. The summed E-state index contributed by atoms with van der Waals surface area (Å²) in [7, 11) is 0. The average Bonchev–Trinajstić information content (AvgIpc) is 0.830. The van der Waals surface area contributed by atoms with Crippen LogP contribution in [0.3, 0.4) is 0 Å². The third kappa shape index (κ3) is 25.5. The predicted molar refractivity (Wildman–Crippen MR) is 477 cm³/mol. The van der Waals surface area contributed by atoms with Crippen molar-refractivity contribution >= 4 is 0 Å². The fourth-order valence-electron chi connectivity index (χ4n) is 12.8. The average molecular weight is 2090 g/mol. The first-order valence-electron chi connectivity index (χ1n) is 38.4. The molecule has 0 aliphatic carbocycles. The van der Waals surface area contributed by atoms with Crippen molar-refractivity contribution in [3.8, 4) is 153 Å². The molecule has 0 spiro atoms. The van der Waals surface area contributed by atoms with Crippen LogP contribution in [0.25, 0.3) is 134 Å². The van der Waals surface area contributed by atoms with Crippen LogP contribution in [0.1, 0.15) is 39.5 Å². The molecule has 6 aromatic heterocycles. The molecule has 18 rings (SSSR count). The molecule has 12 heteroatoms. The van der Waals surface area contributed by atoms with E-state index in [9.17, 15) is 0 Å². The van der Waals surface area contributed by atoms with Gasteiger partial charge >= 0.3 is 0 Å². The second-order valence-corrected chi connectivity index (χ2v) is 27.1. The summed E-state index contributed by atoms with van der Waals surface area (Å²) >= 11 is 0. The molecular weight excluding hydrogens is 2010 g/mol. The quantitative estimate of drug-likeness (QED) is 0.109. The van der Waals surface area contributed by atoms with Gasteiger partial charge in [-0.25, -0.2) is 0 Å². The van der Waals surface area contributed by atoms with Gasteiger partial charge in [0.25, 0.3) is 0 Å². The Morgan fingerprint density at radius 1 is 0.223 bits per heavy atom. The Hall–Kier alpha value is -14.0. The van der Waals surface area contributed by atoms with Gasteiger partial charge in [-0.1, -0.05) is 200 Å². The Balaban J connectivity index is 0.000000155. The molecule has 121 heavy (non-hydrogen) atoms. The van der Waals surface area contributed by atoms with Crippen molar-refractivity contribution in [1.29, 1.82) is 15.8 Å². The molecule has 0 atom stereocenters. The molecule has 12 aromatic carbocycles. The number of pyridine rings is 6. The molecule has 591 valence electrons. The summed E-state index contributed by atoms with van der Waals surface area (Å²) in [5.74, 6) is 0. The number of benzene rings is 12. The second-order valence-electron chi connectivity index (χ2n) is 27.1. The Morgan fingerprint density at radius 2 is 0.529 bits per heavy atom. The van der Waals surface area contributed by atoms with Gasteiger partial charge in [-0.05, 0) is 155 Å². The predicted octanol–water partition coefficient (Wildman–Crippen LogP) is 26.1. The van der Waals surface area contributed by atoms with Gasteiger partial charge in [-0.3, -0.25) is 0 Å². The number of rotatable bonds is 12. The zero-order chi connectivity index (χ0) is 81.5. The summed E-state index contributed by atoms with van der Waals surface area (Å²) in [4.78, 5) is 27.3. The standard InChI is InChI=1S/C25H17N2.C24H15N2.C18H11N2.C18H14N.2C12H10N.3Ir/c1-18-24(21-6-3-2-4-7-21)14-15-25(27-18)23-9-5-8-22(16-23)20-12-10-19(17-26)11-13-20;25-16-18-9-11-20(12-10-18)21-7-4-8-22(15-21)24-14-13-23(17-26-24)19-5-2-1-3-6-19;19-13-14-7-9-15(10-8-14)16-4-3-5-17(12-16)18-6-1-2-11-20-18;1-14-17(15-8-4-2-5-9-15)12-13-18(19-14)16-10-6-3-7-11-16;2*1-10-6-5-9-12(13-10)11-7-3-2-4-8-11;;;/h2-8,10-16H,1H3;1-7,9-15,17H;1-4,6-12H;2-10,12-13H,1H3;2*2-7,9H,1H3;;;/q6*-1;;;. The molecule has 0 fully saturated rings. The molecule has 9 nitrogen and oxygen atoms in total. The first-order chi connectivity index (χ1) is 58.0. The van der Waals surface area contributed by atoms with Gasteiger partial charge in [-0.2, -0.15) is 15.8 Å². The van der Waals surface area contributed by atoms with Gasteiger partial charge < -0.3 is 29.9 Å². The van der Waals surface area contributed by atoms with Crippen LogP contribution in [-0.2, 0) is 60.3 Å². The number of aromatic nitrogens is 6. The number of hydrogen-bond donors (Lipinski definition) is 0. The molecule has 0 aliphatic heterocycles. The van der Waals surface area contributed by atoms with Gasteiger partial charge in [0.05, 0.1) is 34.9 Å². The summed E-state index contributed by atoms with van der Waals surface area (Å²) in [6.45, 7) is 8.07. The fraction of sp³-hybridized carbons (Fsp3) is 0.0367. The van der Waals surface area contributed by atoms with E-state index in [1.54, 1.807) is 6.20 Å². The van der Waals surface area contributed by atoms with E-state index in [0.29, 0.717) is 16.7 Å². The van der Waals surface area contributed by atoms with Gasteiger partial charge in [0.1, 0.15) is 0 Å². The summed E-state index contributed by atoms with van der Waals surface area (Å²) in [6, 6.07) is 151. The van der Waals surface area contributed by atoms with Crippen LogP contribution < -0.4 is 0 Å². The van der Waals surface area contributed by atoms with Crippen molar-refractivity contribution in [2.24, 2.45) is 0 Å². The van der Waals surface area contributed by atoms with Gasteiger partial charge in [0.15, 0.2) is 0 Å². The number of aryl methyl sites for hydroxylation is 4. The van der Waals surface area contributed by atoms with E-state index in [1.165, 1.54) is 16.7 Å². The smallest absolute Gasteiger partial charge is 0.0991 e. The van der Waals surface area contributed by atoms with Crippen molar-refractivity contribution in [3.63, 3.8) is 0 Å². The Kier molecular flexibility index (Phi) is 34.1. The molecule has 3 radical (unpaired) electrons. The maximum Gasteiger partial charge on any atom is 0.0991 e. The summed E-state index contributed by atoms with van der Waals surface area (Å²) in [6.07, 6.45) is 3.67. The topological polar surface area (TPSA) is 149 Å². The van der Waals surface area contributed by atoms with Crippen molar-refractivity contribution < 1.29 is 60.3 Å².